The van der Waals surface area contributed by atoms with Gasteiger partial charge in [0.1, 0.15) is 25.6 Å². The number of benzene rings is 4. The lowest BCUT2D eigenvalue weighted by molar-refractivity contribution is 0.230. The largest absolute Gasteiger partial charge is 0.511 e. The Balaban J connectivity index is 1.58. The summed E-state index contributed by atoms with van der Waals surface area (Å²) in [7, 11) is 0. The monoisotopic (exact) mass is 577 g/mol. The van der Waals surface area contributed by atoms with Crippen LogP contribution >= 0.6 is 11.3 Å². The Hall–Kier alpha value is -5.01. The maximum Gasteiger partial charge on any atom is 0.269 e. The van der Waals surface area contributed by atoms with E-state index in [0.29, 0.717) is 51.8 Å². The second-order valence-electron chi connectivity index (χ2n) is 9.63. The smallest absolute Gasteiger partial charge is 0.269 e. The highest BCUT2D eigenvalue weighted by Gasteiger charge is 2.17. The van der Waals surface area contributed by atoms with E-state index in [4.69, 9.17) is 14.2 Å². The minimum Gasteiger partial charge on any atom is -0.511 e. The van der Waals surface area contributed by atoms with Crippen LogP contribution in [0.25, 0.3) is 12.7 Å². The van der Waals surface area contributed by atoms with Gasteiger partial charge < -0.3 is 19.3 Å². The lowest BCUT2D eigenvalue weighted by Gasteiger charge is -2.18. The lowest BCUT2D eigenvalue weighted by atomic mass is 10.1. The van der Waals surface area contributed by atoms with Crippen molar-refractivity contribution in [1.82, 2.24) is 4.57 Å². The van der Waals surface area contributed by atoms with Crippen molar-refractivity contribution in [1.29, 1.82) is 0 Å². The van der Waals surface area contributed by atoms with Gasteiger partial charge in [-0.2, -0.15) is 0 Å². The van der Waals surface area contributed by atoms with Gasteiger partial charge in [-0.3, -0.25) is 9.36 Å². The van der Waals surface area contributed by atoms with Crippen molar-refractivity contribution in [3.8, 4) is 17.2 Å². The van der Waals surface area contributed by atoms with Gasteiger partial charge in [0.2, 0.25) is 5.75 Å². The van der Waals surface area contributed by atoms with Crippen LogP contribution in [0.4, 0.5) is 0 Å². The third kappa shape index (κ3) is 7.38. The molecule has 6 nitrogen and oxygen atoms in total. The van der Waals surface area contributed by atoms with E-state index in [0.717, 1.165) is 16.7 Å². The number of thiazole rings is 1. The zero-order valence-corrected chi connectivity index (χ0v) is 23.9. The summed E-state index contributed by atoms with van der Waals surface area (Å²) in [5.41, 5.74) is 3.44. The van der Waals surface area contributed by atoms with Crippen molar-refractivity contribution in [2.75, 3.05) is 0 Å². The fourth-order valence-electron chi connectivity index (χ4n) is 4.29. The number of aromatic nitrogens is 1. The van der Waals surface area contributed by atoms with Gasteiger partial charge in [0.05, 0.1) is 15.7 Å². The molecule has 0 bridgehead atoms. The number of aliphatic hydroxyl groups excluding tert-OH is 1. The van der Waals surface area contributed by atoms with E-state index in [9.17, 15) is 9.90 Å². The highest BCUT2D eigenvalue weighted by atomic mass is 32.1. The van der Waals surface area contributed by atoms with E-state index in [1.165, 1.54) is 15.9 Å². The Bertz CT molecular complexity index is 1750. The van der Waals surface area contributed by atoms with Crippen molar-refractivity contribution in [2.24, 2.45) is 0 Å². The van der Waals surface area contributed by atoms with Gasteiger partial charge in [-0.15, -0.1) is 11.3 Å². The Morgan fingerprint density at radius 2 is 1.21 bits per heavy atom. The average molecular weight is 578 g/mol. The zero-order valence-electron chi connectivity index (χ0n) is 23.1. The van der Waals surface area contributed by atoms with Crippen molar-refractivity contribution in [2.45, 2.75) is 26.4 Å². The molecular weight excluding hydrogens is 546 g/mol. The SMILES string of the molecule is C=C(O)Cn1c(=C)s/c(=C\c2cc(OCc3ccccc3)c(OCc3ccccc3)c(OCc3ccccc3)c2)c1=O. The van der Waals surface area contributed by atoms with Crippen LogP contribution in [-0.2, 0) is 26.4 Å². The molecule has 42 heavy (non-hydrogen) atoms. The Labute approximate surface area is 248 Å². The molecule has 0 atom stereocenters. The Morgan fingerprint density at radius 3 is 1.67 bits per heavy atom. The summed E-state index contributed by atoms with van der Waals surface area (Å²) >= 11 is 1.24. The van der Waals surface area contributed by atoms with Crippen molar-refractivity contribution in [3.63, 3.8) is 0 Å². The third-order valence-electron chi connectivity index (χ3n) is 6.37. The maximum atomic E-state index is 13.1. The van der Waals surface area contributed by atoms with Crippen LogP contribution in [0.1, 0.15) is 22.3 Å². The second kappa shape index (κ2) is 13.6. The third-order valence-corrected chi connectivity index (χ3v) is 7.33. The Morgan fingerprint density at radius 1 is 0.762 bits per heavy atom. The molecule has 5 aromatic rings. The van der Waals surface area contributed by atoms with Crippen LogP contribution < -0.4 is 29.0 Å². The van der Waals surface area contributed by atoms with Crippen LogP contribution in [0, 0.1) is 0 Å². The number of ether oxygens (including phenoxy) is 3. The number of rotatable bonds is 12. The minimum atomic E-state index is -0.261. The average Bonchev–Trinajstić information content (AvgIpc) is 3.26. The predicted octanol–water partition coefficient (Wildman–Crippen LogP) is 5.96. The van der Waals surface area contributed by atoms with Gasteiger partial charge in [-0.25, -0.2) is 0 Å². The van der Waals surface area contributed by atoms with E-state index in [1.807, 2.05) is 103 Å². The van der Waals surface area contributed by atoms with E-state index in [2.05, 4.69) is 13.2 Å². The van der Waals surface area contributed by atoms with Crippen LogP contribution in [0.15, 0.2) is 120 Å². The maximum absolute atomic E-state index is 13.1. The molecule has 5 rings (SSSR count). The van der Waals surface area contributed by atoms with Crippen molar-refractivity contribution < 1.29 is 19.3 Å². The summed E-state index contributed by atoms with van der Waals surface area (Å²) < 4.78 is 21.4. The number of nitrogens with zero attached hydrogens (tertiary/aromatic N) is 1. The van der Waals surface area contributed by atoms with Gasteiger partial charge in [-0.05, 0) is 40.5 Å². The molecule has 4 aromatic carbocycles. The normalized spacial score (nSPS) is 11.3. The molecule has 0 saturated heterocycles. The zero-order chi connectivity index (χ0) is 29.3. The topological polar surface area (TPSA) is 69.9 Å². The first-order valence-electron chi connectivity index (χ1n) is 13.4. The quantitative estimate of drug-likeness (QED) is 0.186. The molecule has 0 saturated carbocycles. The van der Waals surface area contributed by atoms with Crippen LogP contribution in [0.2, 0.25) is 0 Å². The number of hydrogen-bond acceptors (Lipinski definition) is 6. The second-order valence-corrected chi connectivity index (χ2v) is 10.7. The lowest BCUT2D eigenvalue weighted by Crippen LogP contribution is -2.31. The van der Waals surface area contributed by atoms with E-state index >= 15 is 0 Å². The van der Waals surface area contributed by atoms with Crippen LogP contribution in [0.3, 0.4) is 0 Å². The van der Waals surface area contributed by atoms with Gasteiger partial charge in [0, 0.05) is 0 Å². The molecule has 0 aliphatic heterocycles. The van der Waals surface area contributed by atoms with E-state index < -0.39 is 0 Å². The van der Waals surface area contributed by atoms with E-state index in [-0.39, 0.29) is 17.9 Å². The molecule has 0 spiro atoms. The molecule has 1 aromatic heterocycles. The van der Waals surface area contributed by atoms with Gasteiger partial charge in [-0.1, -0.05) is 104 Å². The molecule has 0 aliphatic rings. The van der Waals surface area contributed by atoms with Crippen molar-refractivity contribution >= 4 is 24.0 Å². The molecule has 1 N–H and O–H groups in total. The van der Waals surface area contributed by atoms with Crippen LogP contribution in [0.5, 0.6) is 17.2 Å². The molecule has 212 valence electrons. The first-order chi connectivity index (χ1) is 20.5. The minimum absolute atomic E-state index is 0.00879. The van der Waals surface area contributed by atoms with Gasteiger partial charge >= 0.3 is 0 Å². The molecule has 0 radical (unpaired) electrons. The summed E-state index contributed by atoms with van der Waals surface area (Å²) in [6.07, 6.45) is 1.77. The number of aliphatic hydroxyl groups is 1. The predicted molar refractivity (Wildman–Crippen MR) is 167 cm³/mol. The highest BCUT2D eigenvalue weighted by Crippen LogP contribution is 2.40. The molecule has 0 amide bonds. The fraction of sp³-hybridized carbons (Fsp3) is 0.114. The Kier molecular flexibility index (Phi) is 9.21. The summed E-state index contributed by atoms with van der Waals surface area (Å²) in [6, 6.07) is 33.3. The summed E-state index contributed by atoms with van der Waals surface area (Å²) in [4.78, 5) is 13.1. The molecule has 7 heteroatoms. The van der Waals surface area contributed by atoms with E-state index in [1.54, 1.807) is 6.08 Å². The number of hydrogen-bond donors (Lipinski definition) is 1. The van der Waals surface area contributed by atoms with Gasteiger partial charge in [0.15, 0.2) is 11.5 Å². The standard InChI is InChI=1S/C35H31NO5S/c1-25(37)21-36-26(2)42-33(35(36)38)20-30-18-31(39-22-27-12-6-3-7-13-27)34(41-24-29-16-10-5-11-17-29)32(19-30)40-23-28-14-8-4-9-15-28/h3-20,37H,1-2,21-24H2/b33-20-. The summed E-state index contributed by atoms with van der Waals surface area (Å²) in [5, 5.41) is 9.66. The van der Waals surface area contributed by atoms with Gasteiger partial charge in [0.25, 0.3) is 5.56 Å². The highest BCUT2D eigenvalue weighted by molar-refractivity contribution is 7.07. The molecule has 0 fully saturated rings. The molecule has 0 aliphatic carbocycles. The fourth-order valence-corrected chi connectivity index (χ4v) is 5.20. The first kappa shape index (κ1) is 28.5. The van der Waals surface area contributed by atoms with Crippen LogP contribution in [-0.4, -0.2) is 9.67 Å². The summed E-state index contributed by atoms with van der Waals surface area (Å²) in [5.74, 6) is 1.34. The first-order valence-corrected chi connectivity index (χ1v) is 14.2. The summed E-state index contributed by atoms with van der Waals surface area (Å²) in [6.45, 7) is 8.41. The molecular formula is C35H31NO5S. The number of allylic oxidation sites excluding steroid dienone is 1. The van der Waals surface area contributed by atoms with Crippen molar-refractivity contribution in [3.05, 3.63) is 157 Å². The molecule has 0 unspecified atom stereocenters. The molecule has 1 heterocycles.